The van der Waals surface area contributed by atoms with Gasteiger partial charge in [-0.05, 0) is 50.3 Å². The molecule has 0 spiro atoms. The summed E-state index contributed by atoms with van der Waals surface area (Å²) < 4.78 is 9.72. The maximum Gasteiger partial charge on any atom is 0.164 e. The van der Waals surface area contributed by atoms with Crippen molar-refractivity contribution in [1.82, 2.24) is 34.4 Å². The zero-order valence-electron chi connectivity index (χ0n) is 22.3. The second-order valence-electron chi connectivity index (χ2n) is 10.9. The first-order valence-electron chi connectivity index (χ1n) is 14.0. The van der Waals surface area contributed by atoms with Gasteiger partial charge in [0.1, 0.15) is 17.8 Å². The fraction of sp³-hybridized carbons (Fsp3) is 0.400. The molecule has 0 unspecified atom stereocenters. The molecule has 9 nitrogen and oxygen atoms in total. The number of hydrogen-bond donors (Lipinski definition) is 1. The normalized spacial score (nSPS) is 20.6. The molecule has 2 aliphatic rings. The summed E-state index contributed by atoms with van der Waals surface area (Å²) in [5.74, 6) is 0.471. The average molecular weight is 523 g/mol. The number of fused-ring (bicyclic) bond motifs is 2. The number of nitrogens with two attached hydrogens (primary N) is 1. The lowest BCUT2D eigenvalue weighted by molar-refractivity contribution is 0.00520. The Balaban J connectivity index is 1.19. The third-order valence-corrected chi connectivity index (χ3v) is 8.42. The van der Waals surface area contributed by atoms with E-state index in [0.717, 1.165) is 91.7 Å². The smallest absolute Gasteiger partial charge is 0.164 e. The van der Waals surface area contributed by atoms with Crippen LogP contribution < -0.4 is 5.73 Å². The van der Waals surface area contributed by atoms with E-state index in [1.807, 2.05) is 6.20 Å². The number of ether oxygens (including phenoxy) is 1. The van der Waals surface area contributed by atoms with Gasteiger partial charge >= 0.3 is 0 Å². The Bertz CT molecular complexity index is 1630. The second-order valence-corrected chi connectivity index (χ2v) is 10.9. The summed E-state index contributed by atoms with van der Waals surface area (Å²) in [6.45, 7) is 6.62. The Hall–Kier alpha value is -3.82. The van der Waals surface area contributed by atoms with Crippen LogP contribution >= 0.6 is 0 Å². The van der Waals surface area contributed by atoms with Gasteiger partial charge in [0.25, 0.3) is 0 Å². The van der Waals surface area contributed by atoms with Crippen LogP contribution in [0.15, 0.2) is 55.0 Å². The maximum atomic E-state index is 6.43. The third-order valence-electron chi connectivity index (χ3n) is 8.42. The van der Waals surface area contributed by atoms with E-state index in [1.54, 1.807) is 6.33 Å². The standard InChI is InChI=1S/C30H34N8O/c1-20-3-2-4-21(15-20)18-37-26-10-5-22(16-23(26)17-34-37)28-27-29(31)32-19-33-30(27)38(35-28)25-8-6-24(7-9-25)36-11-13-39-14-12-36/h2-5,10,15-17,19,24-25H,6-9,11-14,18H2,1H3,(H2,31,32,33)/t24-,25-. The number of benzene rings is 2. The number of nitrogens with zero attached hydrogens (tertiary/aromatic N) is 7. The monoisotopic (exact) mass is 522 g/mol. The molecule has 0 radical (unpaired) electrons. The summed E-state index contributed by atoms with van der Waals surface area (Å²) in [5.41, 5.74) is 12.7. The van der Waals surface area contributed by atoms with Crippen molar-refractivity contribution in [3.8, 4) is 11.3 Å². The lowest BCUT2D eigenvalue weighted by Crippen LogP contribution is -2.45. The van der Waals surface area contributed by atoms with E-state index < -0.39 is 0 Å². The number of hydrogen-bond acceptors (Lipinski definition) is 7. The summed E-state index contributed by atoms with van der Waals surface area (Å²) in [6, 6.07) is 15.9. The predicted molar refractivity (Wildman–Crippen MR) is 152 cm³/mol. The number of aryl methyl sites for hydroxylation is 1. The molecular weight excluding hydrogens is 488 g/mol. The van der Waals surface area contributed by atoms with Crippen molar-refractivity contribution in [1.29, 1.82) is 0 Å². The zero-order chi connectivity index (χ0) is 26.3. The fourth-order valence-corrected chi connectivity index (χ4v) is 6.41. The van der Waals surface area contributed by atoms with Crippen molar-refractivity contribution in [2.75, 3.05) is 32.0 Å². The summed E-state index contributed by atoms with van der Waals surface area (Å²) in [5, 5.41) is 11.7. The van der Waals surface area contributed by atoms with Crippen LogP contribution in [-0.2, 0) is 11.3 Å². The molecule has 1 saturated heterocycles. The Morgan fingerprint density at radius 2 is 1.79 bits per heavy atom. The maximum absolute atomic E-state index is 6.43. The molecule has 1 saturated carbocycles. The third kappa shape index (κ3) is 4.55. The van der Waals surface area contributed by atoms with Crippen LogP contribution in [0.5, 0.6) is 0 Å². The molecule has 0 amide bonds. The predicted octanol–water partition coefficient (Wildman–Crippen LogP) is 4.60. The Morgan fingerprint density at radius 3 is 2.62 bits per heavy atom. The number of anilines is 1. The molecule has 0 atom stereocenters. The van der Waals surface area contributed by atoms with Gasteiger partial charge in [-0.1, -0.05) is 35.9 Å². The first-order valence-corrected chi connectivity index (χ1v) is 14.0. The number of nitrogen functional groups attached to an aromatic ring is 1. The minimum atomic E-state index is 0.300. The van der Waals surface area contributed by atoms with Gasteiger partial charge in [0.05, 0.1) is 42.9 Å². The quantitative estimate of drug-likeness (QED) is 0.360. The molecule has 5 aromatic rings. The summed E-state index contributed by atoms with van der Waals surface area (Å²) in [6.07, 6.45) is 7.96. The Morgan fingerprint density at radius 1 is 0.974 bits per heavy atom. The molecule has 2 fully saturated rings. The van der Waals surface area contributed by atoms with Crippen LogP contribution in [0.3, 0.4) is 0 Å². The minimum Gasteiger partial charge on any atom is -0.383 e. The molecule has 4 heterocycles. The molecule has 0 bridgehead atoms. The molecule has 2 aromatic carbocycles. The van der Waals surface area contributed by atoms with Gasteiger partial charge in [-0.25, -0.2) is 14.6 Å². The van der Waals surface area contributed by atoms with Crippen molar-refractivity contribution in [2.24, 2.45) is 0 Å². The molecule has 7 rings (SSSR count). The Kier molecular flexibility index (Phi) is 6.25. The Labute approximate surface area is 227 Å². The number of morpholine rings is 1. The van der Waals surface area contributed by atoms with Gasteiger partial charge in [0.15, 0.2) is 5.65 Å². The average Bonchev–Trinajstić information content (AvgIpc) is 3.56. The molecular formula is C30H34N8O. The van der Waals surface area contributed by atoms with Gasteiger partial charge in [-0.15, -0.1) is 0 Å². The highest BCUT2D eigenvalue weighted by molar-refractivity contribution is 5.99. The molecule has 1 aliphatic heterocycles. The topological polar surface area (TPSA) is 99.9 Å². The van der Waals surface area contributed by atoms with Crippen LogP contribution in [0.2, 0.25) is 0 Å². The first kappa shape index (κ1) is 24.2. The van der Waals surface area contributed by atoms with Gasteiger partial charge in [0.2, 0.25) is 0 Å². The molecule has 2 N–H and O–H groups in total. The largest absolute Gasteiger partial charge is 0.383 e. The van der Waals surface area contributed by atoms with Crippen LogP contribution in [-0.4, -0.2) is 66.8 Å². The summed E-state index contributed by atoms with van der Waals surface area (Å²) >= 11 is 0. The van der Waals surface area contributed by atoms with E-state index in [0.29, 0.717) is 17.9 Å². The number of rotatable bonds is 5. The molecule has 39 heavy (non-hydrogen) atoms. The molecule has 1 aliphatic carbocycles. The fourth-order valence-electron chi connectivity index (χ4n) is 6.41. The van der Waals surface area contributed by atoms with E-state index in [1.165, 1.54) is 11.1 Å². The molecule has 200 valence electrons. The highest BCUT2D eigenvalue weighted by Gasteiger charge is 2.30. The summed E-state index contributed by atoms with van der Waals surface area (Å²) in [4.78, 5) is 11.6. The van der Waals surface area contributed by atoms with Crippen LogP contribution in [0.4, 0.5) is 5.82 Å². The van der Waals surface area contributed by atoms with E-state index in [-0.39, 0.29) is 0 Å². The first-order chi connectivity index (χ1) is 19.1. The van der Waals surface area contributed by atoms with Gasteiger partial charge < -0.3 is 10.5 Å². The van der Waals surface area contributed by atoms with Crippen LogP contribution in [0, 0.1) is 6.92 Å². The molecule has 3 aromatic heterocycles. The number of aromatic nitrogens is 6. The lowest BCUT2D eigenvalue weighted by atomic mass is 9.90. The van der Waals surface area contributed by atoms with Gasteiger partial charge in [0, 0.05) is 30.1 Å². The van der Waals surface area contributed by atoms with Crippen LogP contribution in [0.25, 0.3) is 33.2 Å². The molecule has 9 heteroatoms. The van der Waals surface area contributed by atoms with Gasteiger partial charge in [-0.3, -0.25) is 9.58 Å². The van der Waals surface area contributed by atoms with E-state index in [4.69, 9.17) is 15.6 Å². The van der Waals surface area contributed by atoms with Gasteiger partial charge in [-0.2, -0.15) is 10.2 Å². The second kappa shape index (κ2) is 10.1. The minimum absolute atomic E-state index is 0.300. The van der Waals surface area contributed by atoms with Crippen molar-refractivity contribution in [3.05, 3.63) is 66.1 Å². The van der Waals surface area contributed by atoms with Crippen molar-refractivity contribution >= 4 is 27.8 Å². The SMILES string of the molecule is Cc1cccc(Cn2ncc3cc(-c4nn([C@H]5CC[C@H](N6CCOCC6)CC5)c5ncnc(N)c45)ccc32)c1. The van der Waals surface area contributed by atoms with E-state index in [9.17, 15) is 0 Å². The van der Waals surface area contributed by atoms with Crippen LogP contribution in [0.1, 0.15) is 42.9 Å². The highest BCUT2D eigenvalue weighted by atomic mass is 16.5. The highest BCUT2D eigenvalue weighted by Crippen LogP contribution is 2.37. The van der Waals surface area contributed by atoms with E-state index in [2.05, 4.69) is 78.7 Å². The van der Waals surface area contributed by atoms with E-state index >= 15 is 0 Å². The zero-order valence-corrected chi connectivity index (χ0v) is 22.3. The lowest BCUT2D eigenvalue weighted by Gasteiger charge is -2.38. The van der Waals surface area contributed by atoms with Crippen molar-refractivity contribution in [3.63, 3.8) is 0 Å². The van der Waals surface area contributed by atoms with Crippen molar-refractivity contribution < 1.29 is 4.74 Å². The summed E-state index contributed by atoms with van der Waals surface area (Å²) in [7, 11) is 0. The van der Waals surface area contributed by atoms with Crippen molar-refractivity contribution in [2.45, 2.75) is 51.2 Å².